The number of aromatic nitrogens is 2. The summed E-state index contributed by atoms with van der Waals surface area (Å²) in [5, 5.41) is 4.89. The standard InChI is InChI=1S/C60H38BN3O2/c1-4-16-41(17-5-1)62(42-18-6-2-7-19-42)45-37-58-60-59(38-45)66-57-36-44(64-52-25-13-10-22-46(52)47-23-11-14-26-53(47)64)30-32-51(57)61(60)50-31-28-40(35-56(50)65-58)39-29-33-55-49(34-39)48-24-12-15-27-54(48)63(55)43-20-8-3-9-21-43/h1-38H. The normalized spacial score (nSPS) is 12.5. The van der Waals surface area contributed by atoms with Gasteiger partial charge in [-0.05, 0) is 101 Å². The van der Waals surface area contributed by atoms with Crippen molar-refractivity contribution in [2.75, 3.05) is 4.90 Å². The number of hydrogen-bond acceptors (Lipinski definition) is 3. The summed E-state index contributed by atoms with van der Waals surface area (Å²) in [5.41, 5.74) is 15.4. The lowest BCUT2D eigenvalue weighted by molar-refractivity contribution is 0.465. The van der Waals surface area contributed by atoms with E-state index in [1.165, 1.54) is 32.6 Å². The molecule has 0 unspecified atom stereocenters. The van der Waals surface area contributed by atoms with Gasteiger partial charge in [0.25, 0.3) is 6.71 Å². The lowest BCUT2D eigenvalue weighted by Gasteiger charge is -2.35. The van der Waals surface area contributed by atoms with Crippen LogP contribution in [-0.4, -0.2) is 15.8 Å². The van der Waals surface area contributed by atoms with Crippen molar-refractivity contribution < 1.29 is 9.47 Å². The smallest absolute Gasteiger partial charge is 0.260 e. The van der Waals surface area contributed by atoms with Crippen LogP contribution in [0.3, 0.4) is 0 Å². The first-order valence-corrected chi connectivity index (χ1v) is 22.5. The van der Waals surface area contributed by atoms with Gasteiger partial charge in [-0.2, -0.15) is 0 Å². The second kappa shape index (κ2) is 14.4. The molecule has 0 fully saturated rings. The van der Waals surface area contributed by atoms with Crippen LogP contribution in [0.5, 0.6) is 23.0 Å². The fourth-order valence-electron chi connectivity index (χ4n) is 10.7. The number of fused-ring (bicyclic) bond motifs is 10. The van der Waals surface area contributed by atoms with E-state index in [1.807, 2.05) is 0 Å². The number of hydrogen-bond donors (Lipinski definition) is 0. The number of rotatable bonds is 6. The Balaban J connectivity index is 0.955. The van der Waals surface area contributed by atoms with E-state index >= 15 is 0 Å². The summed E-state index contributed by atoms with van der Waals surface area (Å²) in [6.07, 6.45) is 0. The van der Waals surface area contributed by atoms with Crippen LogP contribution >= 0.6 is 0 Å². The number of anilines is 3. The van der Waals surface area contributed by atoms with Gasteiger partial charge in [-0.1, -0.05) is 133 Å². The van der Waals surface area contributed by atoms with E-state index in [-0.39, 0.29) is 6.71 Å². The molecule has 0 radical (unpaired) electrons. The topological polar surface area (TPSA) is 31.6 Å². The van der Waals surface area contributed by atoms with E-state index in [0.29, 0.717) is 0 Å². The molecule has 0 bridgehead atoms. The Morgan fingerprint density at radius 2 is 0.773 bits per heavy atom. The van der Waals surface area contributed by atoms with Crippen molar-refractivity contribution in [1.29, 1.82) is 0 Å². The average Bonchev–Trinajstić information content (AvgIpc) is 3.89. The van der Waals surface area contributed by atoms with Gasteiger partial charge in [0.2, 0.25) is 0 Å². The minimum absolute atomic E-state index is 0.119. The number of nitrogens with zero attached hydrogens (tertiary/aromatic N) is 3. The van der Waals surface area contributed by atoms with Crippen molar-refractivity contribution in [2.24, 2.45) is 0 Å². The van der Waals surface area contributed by atoms with Gasteiger partial charge in [0, 0.05) is 68.0 Å². The molecule has 4 heterocycles. The van der Waals surface area contributed by atoms with Crippen LogP contribution in [0.4, 0.5) is 17.1 Å². The lowest BCUT2D eigenvalue weighted by Crippen LogP contribution is -2.57. The molecule has 2 aromatic heterocycles. The quantitative estimate of drug-likeness (QED) is 0.156. The van der Waals surface area contributed by atoms with E-state index in [9.17, 15) is 0 Å². The zero-order chi connectivity index (χ0) is 43.3. The SMILES string of the molecule is c1ccc(N(c2ccccc2)c2cc3c4c(c2)Oc2cc(-n5c6ccccc6c6ccccc65)ccc2B4c2ccc(-c4ccc5c(c4)c4ccccc4n5-c4ccccc4)cc2O3)cc1. The summed E-state index contributed by atoms with van der Waals surface area (Å²) in [6, 6.07) is 82.3. The highest BCUT2D eigenvalue weighted by atomic mass is 16.5. The molecule has 0 N–H and O–H groups in total. The van der Waals surface area contributed by atoms with E-state index in [0.717, 1.165) is 90.0 Å². The van der Waals surface area contributed by atoms with E-state index in [2.05, 4.69) is 245 Å². The fourth-order valence-corrected chi connectivity index (χ4v) is 10.7. The molecule has 308 valence electrons. The third-order valence-electron chi connectivity index (χ3n) is 13.6. The van der Waals surface area contributed by atoms with Crippen LogP contribution in [0.15, 0.2) is 231 Å². The molecule has 0 saturated carbocycles. The maximum absolute atomic E-state index is 7.15. The summed E-state index contributed by atoms with van der Waals surface area (Å²) < 4.78 is 19.0. The Hall–Kier alpha value is -8.74. The van der Waals surface area contributed by atoms with Gasteiger partial charge in [-0.25, -0.2) is 0 Å². The first kappa shape index (κ1) is 36.7. The number of ether oxygens (including phenoxy) is 2. The first-order valence-electron chi connectivity index (χ1n) is 22.5. The Bertz CT molecular complexity index is 3800. The Kier molecular flexibility index (Phi) is 8.01. The highest BCUT2D eigenvalue weighted by molar-refractivity contribution is 6.98. The molecular formula is C60H38BN3O2. The summed E-state index contributed by atoms with van der Waals surface area (Å²) in [6.45, 7) is -0.119. The first-order chi connectivity index (χ1) is 32.7. The maximum atomic E-state index is 7.15. The minimum atomic E-state index is -0.119. The van der Waals surface area contributed by atoms with Gasteiger partial charge < -0.3 is 23.5 Å². The van der Waals surface area contributed by atoms with Gasteiger partial charge >= 0.3 is 0 Å². The van der Waals surface area contributed by atoms with Gasteiger partial charge in [0.1, 0.15) is 23.0 Å². The van der Waals surface area contributed by atoms with Crippen LogP contribution in [0.1, 0.15) is 0 Å². The predicted octanol–water partition coefficient (Wildman–Crippen LogP) is 13.7. The molecule has 6 heteroatoms. The summed E-state index contributed by atoms with van der Waals surface area (Å²) in [5.74, 6) is 3.24. The summed E-state index contributed by atoms with van der Waals surface area (Å²) in [4.78, 5) is 2.27. The van der Waals surface area contributed by atoms with Crippen molar-refractivity contribution in [3.63, 3.8) is 0 Å². The van der Waals surface area contributed by atoms with Crippen LogP contribution in [0.2, 0.25) is 0 Å². The van der Waals surface area contributed by atoms with Crippen LogP contribution < -0.4 is 30.8 Å². The minimum Gasteiger partial charge on any atom is -0.458 e. The summed E-state index contributed by atoms with van der Waals surface area (Å²) in [7, 11) is 0. The molecular weight excluding hydrogens is 805 g/mol. The fraction of sp³-hybridized carbons (Fsp3) is 0. The third kappa shape index (κ3) is 5.55. The van der Waals surface area contributed by atoms with Crippen molar-refractivity contribution in [2.45, 2.75) is 0 Å². The van der Waals surface area contributed by atoms with Gasteiger partial charge in [-0.3, -0.25) is 0 Å². The van der Waals surface area contributed by atoms with Crippen LogP contribution in [-0.2, 0) is 0 Å². The molecule has 0 amide bonds. The molecule has 5 nitrogen and oxygen atoms in total. The monoisotopic (exact) mass is 843 g/mol. The zero-order valence-corrected chi connectivity index (χ0v) is 35.7. The Labute approximate surface area is 381 Å². The Morgan fingerprint density at radius 1 is 0.318 bits per heavy atom. The third-order valence-corrected chi connectivity index (χ3v) is 13.6. The number of benzene rings is 10. The van der Waals surface area contributed by atoms with Gasteiger partial charge in [0.05, 0.1) is 27.8 Å². The molecule has 0 atom stereocenters. The predicted molar refractivity (Wildman–Crippen MR) is 273 cm³/mol. The van der Waals surface area contributed by atoms with Crippen LogP contribution in [0.25, 0.3) is 66.1 Å². The molecule has 14 rings (SSSR count). The molecule has 0 saturated heterocycles. The van der Waals surface area contributed by atoms with Crippen molar-refractivity contribution in [3.8, 4) is 45.5 Å². The van der Waals surface area contributed by atoms with E-state index < -0.39 is 0 Å². The molecule has 2 aliphatic heterocycles. The van der Waals surface area contributed by atoms with E-state index in [1.54, 1.807) is 0 Å². The van der Waals surface area contributed by atoms with Gasteiger partial charge in [-0.15, -0.1) is 0 Å². The largest absolute Gasteiger partial charge is 0.458 e. The van der Waals surface area contributed by atoms with Crippen molar-refractivity contribution in [3.05, 3.63) is 231 Å². The number of para-hydroxylation sites is 6. The molecule has 0 spiro atoms. The van der Waals surface area contributed by atoms with Crippen molar-refractivity contribution >= 4 is 83.8 Å². The molecule has 12 aromatic rings. The highest BCUT2D eigenvalue weighted by Gasteiger charge is 2.41. The molecule has 66 heavy (non-hydrogen) atoms. The highest BCUT2D eigenvalue weighted by Crippen LogP contribution is 2.44. The van der Waals surface area contributed by atoms with Gasteiger partial charge in [0.15, 0.2) is 0 Å². The summed E-state index contributed by atoms with van der Waals surface area (Å²) >= 11 is 0. The molecule has 2 aliphatic rings. The molecule has 10 aromatic carbocycles. The van der Waals surface area contributed by atoms with Crippen LogP contribution in [0, 0.1) is 0 Å². The maximum Gasteiger partial charge on any atom is 0.260 e. The zero-order valence-electron chi connectivity index (χ0n) is 35.7. The van der Waals surface area contributed by atoms with E-state index in [4.69, 9.17) is 9.47 Å². The Morgan fingerprint density at radius 3 is 1.38 bits per heavy atom. The second-order valence-electron chi connectivity index (χ2n) is 17.3. The van der Waals surface area contributed by atoms with Crippen molar-refractivity contribution in [1.82, 2.24) is 9.13 Å². The average molecular weight is 844 g/mol. The second-order valence-corrected chi connectivity index (χ2v) is 17.3. The molecule has 0 aliphatic carbocycles. The lowest BCUT2D eigenvalue weighted by atomic mass is 9.35.